The van der Waals surface area contributed by atoms with E-state index in [4.69, 9.17) is 4.52 Å². The zero-order valence-corrected chi connectivity index (χ0v) is 14.9. The first kappa shape index (κ1) is 17.6. The molecule has 0 N–H and O–H groups in total. The van der Waals surface area contributed by atoms with Gasteiger partial charge in [-0.2, -0.15) is 0 Å². The summed E-state index contributed by atoms with van der Waals surface area (Å²) in [6.07, 6.45) is 7.25. The van der Waals surface area contributed by atoms with Crippen LogP contribution in [-0.4, -0.2) is 5.97 Å². The van der Waals surface area contributed by atoms with E-state index >= 15 is 0 Å². The van der Waals surface area contributed by atoms with Crippen molar-refractivity contribution in [3.05, 3.63) is 53.6 Å². The molecule has 1 aliphatic carbocycles. The number of rotatable bonds is 6. The van der Waals surface area contributed by atoms with Crippen molar-refractivity contribution in [2.45, 2.75) is 46.5 Å². The molecule has 2 atom stereocenters. The molecule has 122 valence electrons. The molecule has 1 aromatic carbocycles. The molecule has 0 saturated heterocycles. The highest BCUT2D eigenvalue weighted by Gasteiger charge is 2.46. The second kappa shape index (κ2) is 7.70. The Kier molecular flexibility index (Phi) is 5.90. The number of benzene rings is 1. The van der Waals surface area contributed by atoms with Crippen LogP contribution in [0.1, 0.15) is 46.5 Å². The van der Waals surface area contributed by atoms with Gasteiger partial charge in [-0.3, -0.25) is 0 Å². The van der Waals surface area contributed by atoms with Crippen molar-refractivity contribution in [3.63, 3.8) is 0 Å². The molecule has 0 spiro atoms. The Morgan fingerprint density at radius 3 is 2.43 bits per heavy atom. The zero-order chi connectivity index (χ0) is 16.9. The molecule has 0 amide bonds. The molecule has 3 nitrogen and oxygen atoms in total. The zero-order valence-electron chi connectivity index (χ0n) is 14.0. The predicted octanol–water partition coefficient (Wildman–Crippen LogP) is 5.07. The Morgan fingerprint density at radius 1 is 1.17 bits per heavy atom. The van der Waals surface area contributed by atoms with Crippen molar-refractivity contribution in [2.75, 3.05) is 0 Å². The van der Waals surface area contributed by atoms with E-state index in [1.165, 1.54) is 5.57 Å². The van der Waals surface area contributed by atoms with Gasteiger partial charge in [-0.05, 0) is 42.4 Å². The van der Waals surface area contributed by atoms with Crippen LogP contribution in [0.3, 0.4) is 0 Å². The lowest BCUT2D eigenvalue weighted by atomic mass is 9.70. The highest BCUT2D eigenvalue weighted by atomic mass is 31.1. The molecule has 1 aliphatic rings. The van der Waals surface area contributed by atoms with Crippen LogP contribution in [0.4, 0.5) is 0 Å². The molecule has 2 unspecified atom stereocenters. The third-order valence-corrected chi connectivity index (χ3v) is 5.65. The van der Waals surface area contributed by atoms with E-state index in [1.54, 1.807) is 24.3 Å². The van der Waals surface area contributed by atoms with Gasteiger partial charge in [-0.15, -0.1) is 0 Å². The van der Waals surface area contributed by atoms with Crippen LogP contribution in [0, 0.1) is 5.41 Å². The van der Waals surface area contributed by atoms with Gasteiger partial charge in [-0.1, -0.05) is 62.3 Å². The van der Waals surface area contributed by atoms with Crippen molar-refractivity contribution >= 4 is 19.3 Å². The third kappa shape index (κ3) is 3.61. The van der Waals surface area contributed by atoms with Gasteiger partial charge >= 0.3 is 14.0 Å². The maximum atomic E-state index is 12.8. The van der Waals surface area contributed by atoms with Crippen LogP contribution in [0.25, 0.3) is 0 Å². The molecular weight excluding hydrogens is 307 g/mol. The first-order valence-corrected chi connectivity index (χ1v) is 9.40. The number of allylic oxidation sites excluding steroid dienone is 3. The summed E-state index contributed by atoms with van der Waals surface area (Å²) < 4.78 is 17.7. The largest absolute Gasteiger partial charge is 0.600 e. The predicted molar refractivity (Wildman–Crippen MR) is 93.9 cm³/mol. The second-order valence-corrected chi connectivity index (χ2v) is 6.98. The highest BCUT2D eigenvalue weighted by molar-refractivity contribution is 7.48. The van der Waals surface area contributed by atoms with Crippen LogP contribution < -0.4 is 5.30 Å². The molecule has 4 heteroatoms. The normalized spacial score (nSPS) is 21.3. The van der Waals surface area contributed by atoms with E-state index in [2.05, 4.69) is 26.0 Å². The lowest BCUT2D eigenvalue weighted by Crippen LogP contribution is -2.34. The summed E-state index contributed by atoms with van der Waals surface area (Å²) in [6.45, 7) is 6.16. The molecule has 0 heterocycles. The van der Waals surface area contributed by atoms with Crippen LogP contribution in [0.15, 0.2) is 53.6 Å². The first-order valence-electron chi connectivity index (χ1n) is 8.22. The van der Waals surface area contributed by atoms with Gasteiger partial charge in [0.15, 0.2) is 0 Å². The summed E-state index contributed by atoms with van der Waals surface area (Å²) in [5, 5.41) is 0.546. The van der Waals surface area contributed by atoms with Gasteiger partial charge in [-0.25, -0.2) is 9.32 Å². The highest BCUT2D eigenvalue weighted by Crippen LogP contribution is 2.44. The number of carbonyl (C=O) groups excluding carboxylic acids is 1. The Bertz CT molecular complexity index is 646. The number of hydrogen-bond donors (Lipinski definition) is 0. The van der Waals surface area contributed by atoms with Crippen LogP contribution in [0.5, 0.6) is 0 Å². The maximum Gasteiger partial charge on any atom is 0.600 e. The average Bonchev–Trinajstić information content (AvgIpc) is 2.61. The quantitative estimate of drug-likeness (QED) is 0.684. The van der Waals surface area contributed by atoms with E-state index in [1.807, 2.05) is 13.0 Å². The molecule has 0 radical (unpaired) electrons. The topological polar surface area (TPSA) is 43.4 Å². The Balaban J connectivity index is 2.23. The van der Waals surface area contributed by atoms with Crippen LogP contribution in [-0.2, 0) is 13.9 Å². The van der Waals surface area contributed by atoms with Gasteiger partial charge in [0.2, 0.25) is 5.30 Å². The molecule has 0 fully saturated rings. The average molecular weight is 331 g/mol. The number of carbonyl (C=O) groups is 1. The van der Waals surface area contributed by atoms with E-state index in [-0.39, 0.29) is 5.97 Å². The minimum Gasteiger partial charge on any atom is -0.246 e. The maximum absolute atomic E-state index is 12.8. The lowest BCUT2D eigenvalue weighted by molar-refractivity contribution is -0.143. The Labute approximate surface area is 139 Å². The van der Waals surface area contributed by atoms with Crippen molar-refractivity contribution in [1.29, 1.82) is 0 Å². The van der Waals surface area contributed by atoms with Crippen molar-refractivity contribution in [2.24, 2.45) is 5.41 Å². The summed E-state index contributed by atoms with van der Waals surface area (Å²) in [6, 6.07) is 8.87. The Hall–Kier alpha value is -1.73. The molecule has 0 saturated carbocycles. The van der Waals surface area contributed by atoms with E-state index < -0.39 is 13.4 Å². The summed E-state index contributed by atoms with van der Waals surface area (Å²) in [4.78, 5) is 12.8. The summed E-state index contributed by atoms with van der Waals surface area (Å²) in [5.41, 5.74) is 1.67. The van der Waals surface area contributed by atoms with Gasteiger partial charge in [0, 0.05) is 0 Å². The smallest absolute Gasteiger partial charge is 0.246 e. The van der Waals surface area contributed by atoms with Gasteiger partial charge in [0.05, 0.1) is 5.41 Å². The van der Waals surface area contributed by atoms with Crippen LogP contribution >= 0.6 is 8.03 Å². The second-order valence-electron chi connectivity index (χ2n) is 5.77. The minimum absolute atomic E-state index is 0.371. The molecule has 0 bridgehead atoms. The summed E-state index contributed by atoms with van der Waals surface area (Å²) in [5.74, 6) is -0.371. The van der Waals surface area contributed by atoms with Gasteiger partial charge < -0.3 is 0 Å². The van der Waals surface area contributed by atoms with E-state index in [0.717, 1.165) is 18.4 Å². The molecule has 0 aliphatic heterocycles. The summed E-state index contributed by atoms with van der Waals surface area (Å²) >= 11 is 0. The monoisotopic (exact) mass is 331 g/mol. The fourth-order valence-electron chi connectivity index (χ4n) is 3.04. The first-order chi connectivity index (χ1) is 11.1. The summed E-state index contributed by atoms with van der Waals surface area (Å²) in [7, 11) is -2.16. The third-order valence-electron chi connectivity index (χ3n) is 4.60. The Morgan fingerprint density at radius 2 is 1.87 bits per heavy atom. The van der Waals surface area contributed by atoms with Gasteiger partial charge in [0.1, 0.15) is 0 Å². The fourth-order valence-corrected chi connectivity index (χ4v) is 3.89. The molecule has 1 aromatic rings. The lowest BCUT2D eigenvalue weighted by Gasteiger charge is -2.32. The molecule has 0 aromatic heterocycles. The molecule has 2 rings (SSSR count). The SMILES string of the molecule is CCC1=CCC(CC)(C(=O)O[P+](=O)c2ccccc2)C(CC)=C1. The van der Waals surface area contributed by atoms with E-state index in [0.29, 0.717) is 18.1 Å². The van der Waals surface area contributed by atoms with E-state index in [9.17, 15) is 9.36 Å². The van der Waals surface area contributed by atoms with Crippen molar-refractivity contribution in [3.8, 4) is 0 Å². The fraction of sp³-hybridized carbons (Fsp3) is 0.421. The van der Waals surface area contributed by atoms with Crippen LogP contribution in [0.2, 0.25) is 0 Å². The van der Waals surface area contributed by atoms with Crippen molar-refractivity contribution in [1.82, 2.24) is 0 Å². The number of hydrogen-bond acceptors (Lipinski definition) is 3. The molecular formula is C19H24O3P+. The standard InChI is InChI=1S/C19H24O3P/c1-4-15-12-13-19(6-3,16(5-2)14-15)18(20)22-23(21)17-10-8-7-9-11-17/h7-12,14H,4-6,13H2,1-3H3/q+1. The van der Waals surface area contributed by atoms with Gasteiger partial charge in [0.25, 0.3) is 0 Å². The minimum atomic E-state index is -2.16. The van der Waals surface area contributed by atoms with Crippen molar-refractivity contribution < 1.29 is 13.9 Å². The molecule has 23 heavy (non-hydrogen) atoms.